The number of aromatic nitrogens is 1. The van der Waals surface area contributed by atoms with Crippen LogP contribution in [0.2, 0.25) is 0 Å². The lowest BCUT2D eigenvalue weighted by Gasteiger charge is -2.13. The summed E-state index contributed by atoms with van der Waals surface area (Å²) in [6.45, 7) is 0. The molecule has 0 spiro atoms. The van der Waals surface area contributed by atoms with Crippen LogP contribution >= 0.6 is 7.82 Å². The first-order valence-electron chi connectivity index (χ1n) is 7.97. The van der Waals surface area contributed by atoms with Gasteiger partial charge in [-0.05, 0) is 29.8 Å². The predicted octanol–water partition coefficient (Wildman–Crippen LogP) is 3.51. The van der Waals surface area contributed by atoms with Crippen molar-refractivity contribution in [2.45, 2.75) is 0 Å². The lowest BCUT2D eigenvalue weighted by molar-refractivity contribution is 0.283. The van der Waals surface area contributed by atoms with E-state index in [1.54, 1.807) is 24.3 Å². The Labute approximate surface area is 160 Å². The SMILES string of the molecule is COc1cc(-c2oncc2-c2ccc(OP(=O)(O)O)cc2)cc(OC)c1OC. The fourth-order valence-corrected chi connectivity index (χ4v) is 3.09. The number of hydrogen-bond donors (Lipinski definition) is 2. The van der Waals surface area contributed by atoms with E-state index in [0.29, 0.717) is 39.7 Å². The number of hydrogen-bond acceptors (Lipinski definition) is 7. The van der Waals surface area contributed by atoms with Crippen molar-refractivity contribution < 1.29 is 37.6 Å². The lowest BCUT2D eigenvalue weighted by Crippen LogP contribution is -1.95. The third kappa shape index (κ3) is 4.12. The Morgan fingerprint density at radius 1 is 0.929 bits per heavy atom. The van der Waals surface area contributed by atoms with Crippen molar-refractivity contribution >= 4 is 7.82 Å². The summed E-state index contributed by atoms with van der Waals surface area (Å²) in [4.78, 5) is 17.8. The third-order valence-corrected chi connectivity index (χ3v) is 4.34. The number of ether oxygens (including phenoxy) is 3. The summed E-state index contributed by atoms with van der Waals surface area (Å²) >= 11 is 0. The van der Waals surface area contributed by atoms with Crippen LogP contribution in [0.25, 0.3) is 22.5 Å². The maximum Gasteiger partial charge on any atom is 0.524 e. The highest BCUT2D eigenvalue weighted by Crippen LogP contribution is 2.44. The fraction of sp³-hybridized carbons (Fsp3) is 0.167. The smallest absolute Gasteiger partial charge is 0.493 e. The summed E-state index contributed by atoms with van der Waals surface area (Å²) in [6.07, 6.45) is 1.54. The highest BCUT2D eigenvalue weighted by Gasteiger charge is 2.20. The Kier molecular flexibility index (Phi) is 5.60. The molecule has 2 N–H and O–H groups in total. The van der Waals surface area contributed by atoms with Crippen molar-refractivity contribution in [3.05, 3.63) is 42.6 Å². The van der Waals surface area contributed by atoms with E-state index in [4.69, 9.17) is 28.5 Å². The Bertz CT molecular complexity index is 984. The molecule has 1 heterocycles. The van der Waals surface area contributed by atoms with Gasteiger partial charge in [-0.25, -0.2) is 4.57 Å². The summed E-state index contributed by atoms with van der Waals surface area (Å²) in [5, 5.41) is 3.87. The average molecular weight is 407 g/mol. The molecule has 1 aromatic heterocycles. The molecule has 28 heavy (non-hydrogen) atoms. The molecular weight excluding hydrogens is 389 g/mol. The van der Waals surface area contributed by atoms with Crippen LogP contribution in [0.15, 0.2) is 47.1 Å². The van der Waals surface area contributed by atoms with Gasteiger partial charge in [-0.15, -0.1) is 0 Å². The predicted molar refractivity (Wildman–Crippen MR) is 99.7 cm³/mol. The Morgan fingerprint density at radius 3 is 2.04 bits per heavy atom. The molecule has 0 bridgehead atoms. The van der Waals surface area contributed by atoms with E-state index in [-0.39, 0.29) is 5.75 Å². The average Bonchev–Trinajstić information content (AvgIpc) is 3.15. The van der Waals surface area contributed by atoms with Crippen LogP contribution in [0.1, 0.15) is 0 Å². The standard InChI is InChI=1S/C18H18NO8P/c1-23-15-8-12(9-16(24-2)18(15)25-3)17-14(10-19-26-17)11-4-6-13(7-5-11)27-28(20,21)22/h4-10H,1-3H3,(H2,20,21,22). The van der Waals surface area contributed by atoms with E-state index in [2.05, 4.69) is 9.68 Å². The molecule has 0 fully saturated rings. The van der Waals surface area contributed by atoms with E-state index in [1.165, 1.54) is 39.7 Å². The summed E-state index contributed by atoms with van der Waals surface area (Å²) in [6, 6.07) is 9.63. The molecule has 0 amide bonds. The number of rotatable bonds is 7. The Morgan fingerprint density at radius 2 is 1.54 bits per heavy atom. The molecule has 3 rings (SSSR count). The van der Waals surface area contributed by atoms with Crippen molar-refractivity contribution in [3.63, 3.8) is 0 Å². The third-order valence-electron chi connectivity index (χ3n) is 3.89. The molecule has 10 heteroatoms. The minimum absolute atomic E-state index is 0.0443. The minimum Gasteiger partial charge on any atom is -0.493 e. The van der Waals surface area contributed by atoms with Crippen LogP contribution in [0.3, 0.4) is 0 Å². The molecule has 0 aliphatic carbocycles. The van der Waals surface area contributed by atoms with E-state index in [0.717, 1.165) is 0 Å². The number of phosphoric acid groups is 1. The van der Waals surface area contributed by atoms with E-state index < -0.39 is 7.82 Å². The second-order valence-corrected chi connectivity index (χ2v) is 6.75. The highest BCUT2D eigenvalue weighted by molar-refractivity contribution is 7.46. The molecule has 0 saturated carbocycles. The maximum absolute atomic E-state index is 10.9. The van der Waals surface area contributed by atoms with Gasteiger partial charge in [0.2, 0.25) is 5.75 Å². The van der Waals surface area contributed by atoms with E-state index >= 15 is 0 Å². The van der Waals surface area contributed by atoms with Gasteiger partial charge >= 0.3 is 7.82 Å². The molecule has 148 valence electrons. The van der Waals surface area contributed by atoms with E-state index in [9.17, 15) is 4.57 Å². The van der Waals surface area contributed by atoms with Gasteiger partial charge in [0.25, 0.3) is 0 Å². The maximum atomic E-state index is 10.9. The van der Waals surface area contributed by atoms with Crippen molar-refractivity contribution in [2.75, 3.05) is 21.3 Å². The van der Waals surface area contributed by atoms with Gasteiger partial charge in [0, 0.05) is 11.1 Å². The second-order valence-electron chi connectivity index (χ2n) is 5.59. The molecule has 9 nitrogen and oxygen atoms in total. The van der Waals surface area contributed by atoms with Crippen LogP contribution in [-0.2, 0) is 4.57 Å². The molecule has 0 aliphatic heterocycles. The molecule has 0 saturated heterocycles. The first kappa shape index (κ1) is 19.8. The number of phosphoric ester groups is 1. The van der Waals surface area contributed by atoms with Gasteiger partial charge in [-0.3, -0.25) is 9.79 Å². The summed E-state index contributed by atoms with van der Waals surface area (Å²) < 4.78 is 37.0. The molecule has 0 atom stereocenters. The summed E-state index contributed by atoms with van der Waals surface area (Å²) in [5.74, 6) is 1.88. The Balaban J connectivity index is 2.02. The molecule has 0 radical (unpaired) electrons. The minimum atomic E-state index is -4.62. The van der Waals surface area contributed by atoms with Crippen LogP contribution < -0.4 is 18.7 Å². The van der Waals surface area contributed by atoms with Crippen LogP contribution in [0.5, 0.6) is 23.0 Å². The Hall–Kier alpha value is -3.00. The summed E-state index contributed by atoms with van der Waals surface area (Å²) in [7, 11) is -0.0697. The van der Waals surface area contributed by atoms with Crippen molar-refractivity contribution in [1.82, 2.24) is 5.16 Å². The zero-order valence-corrected chi connectivity index (χ0v) is 16.2. The molecule has 0 unspecified atom stereocenters. The van der Waals surface area contributed by atoms with Gasteiger partial charge in [0.15, 0.2) is 17.3 Å². The van der Waals surface area contributed by atoms with Crippen LogP contribution in [0, 0.1) is 0 Å². The van der Waals surface area contributed by atoms with Gasteiger partial charge < -0.3 is 23.3 Å². The molecule has 0 aliphatic rings. The van der Waals surface area contributed by atoms with E-state index in [1.807, 2.05) is 0 Å². The molecular formula is C18H18NO8P. The van der Waals surface area contributed by atoms with Gasteiger partial charge in [-0.1, -0.05) is 17.3 Å². The highest BCUT2D eigenvalue weighted by atomic mass is 31.2. The topological polar surface area (TPSA) is 120 Å². The number of benzene rings is 2. The normalized spacial score (nSPS) is 11.2. The zero-order valence-electron chi connectivity index (χ0n) is 15.3. The number of nitrogens with zero attached hydrogens (tertiary/aromatic N) is 1. The quantitative estimate of drug-likeness (QED) is 0.567. The monoisotopic (exact) mass is 407 g/mol. The van der Waals surface area contributed by atoms with Gasteiger partial charge in [-0.2, -0.15) is 0 Å². The zero-order chi connectivity index (χ0) is 20.3. The van der Waals surface area contributed by atoms with Crippen molar-refractivity contribution in [1.29, 1.82) is 0 Å². The number of methoxy groups -OCH3 is 3. The van der Waals surface area contributed by atoms with Gasteiger partial charge in [0.05, 0.1) is 27.5 Å². The van der Waals surface area contributed by atoms with Crippen molar-refractivity contribution in [2.24, 2.45) is 0 Å². The van der Waals surface area contributed by atoms with Crippen LogP contribution in [-0.4, -0.2) is 36.3 Å². The summed E-state index contributed by atoms with van der Waals surface area (Å²) in [5.41, 5.74) is 2.03. The second kappa shape index (κ2) is 7.93. The fourth-order valence-electron chi connectivity index (χ4n) is 2.70. The largest absolute Gasteiger partial charge is 0.524 e. The lowest BCUT2D eigenvalue weighted by atomic mass is 10.0. The first-order chi connectivity index (χ1) is 13.4. The first-order valence-corrected chi connectivity index (χ1v) is 9.50. The van der Waals surface area contributed by atoms with Gasteiger partial charge in [0.1, 0.15) is 5.75 Å². The van der Waals surface area contributed by atoms with Crippen molar-refractivity contribution in [3.8, 4) is 45.4 Å². The molecule has 2 aromatic carbocycles. The molecule has 3 aromatic rings. The van der Waals surface area contributed by atoms with Crippen LogP contribution in [0.4, 0.5) is 0 Å².